The zero-order valence-corrected chi connectivity index (χ0v) is 10.6. The average Bonchev–Trinajstić information content (AvgIpc) is 2.36. The third-order valence-electron chi connectivity index (χ3n) is 2.89. The van der Waals surface area contributed by atoms with Crippen molar-refractivity contribution < 1.29 is 13.9 Å². The summed E-state index contributed by atoms with van der Waals surface area (Å²) in [5.41, 5.74) is 1.52. The summed E-state index contributed by atoms with van der Waals surface area (Å²) in [5, 5.41) is 9.38. The van der Waals surface area contributed by atoms with Gasteiger partial charge in [0.15, 0.2) is 0 Å². The van der Waals surface area contributed by atoms with Gasteiger partial charge in [-0.15, -0.1) is 0 Å². The lowest BCUT2D eigenvalue weighted by Crippen LogP contribution is -2.21. The largest absolute Gasteiger partial charge is 0.508 e. The molecule has 4 heteroatoms. The summed E-state index contributed by atoms with van der Waals surface area (Å²) < 4.78 is 26.1. The van der Waals surface area contributed by atoms with Crippen LogP contribution in [0.4, 0.5) is 14.5 Å². The molecule has 2 aromatic carbocycles. The van der Waals surface area contributed by atoms with Crippen molar-refractivity contribution in [3.05, 3.63) is 59.7 Å². The fraction of sp³-hybridized carbons (Fsp3) is 0.200. The molecule has 100 valence electrons. The maximum atomic E-state index is 13.2. The molecule has 0 atom stereocenters. The van der Waals surface area contributed by atoms with Crippen molar-refractivity contribution in [2.75, 3.05) is 11.4 Å². The number of nitrogens with zero attached hydrogens (tertiary/aromatic N) is 1. The Kier molecular flexibility index (Phi) is 4.00. The van der Waals surface area contributed by atoms with Crippen molar-refractivity contribution in [1.82, 2.24) is 0 Å². The molecule has 0 spiro atoms. The Hall–Kier alpha value is -2.10. The van der Waals surface area contributed by atoms with Crippen LogP contribution < -0.4 is 4.90 Å². The van der Waals surface area contributed by atoms with Gasteiger partial charge in [-0.25, -0.2) is 8.78 Å². The van der Waals surface area contributed by atoms with Gasteiger partial charge in [0.1, 0.15) is 17.4 Å². The van der Waals surface area contributed by atoms with E-state index >= 15 is 0 Å². The summed E-state index contributed by atoms with van der Waals surface area (Å²) in [4.78, 5) is 1.97. The van der Waals surface area contributed by atoms with Crippen LogP contribution in [0.1, 0.15) is 12.5 Å². The number of halogens is 2. The Morgan fingerprint density at radius 2 is 1.68 bits per heavy atom. The molecule has 0 saturated heterocycles. The number of anilines is 1. The molecular weight excluding hydrogens is 248 g/mol. The molecular formula is C15H15F2NO. The second-order valence-electron chi connectivity index (χ2n) is 4.31. The van der Waals surface area contributed by atoms with Crippen molar-refractivity contribution >= 4 is 5.69 Å². The highest BCUT2D eigenvalue weighted by Gasteiger charge is 2.07. The lowest BCUT2D eigenvalue weighted by Gasteiger charge is -2.23. The van der Waals surface area contributed by atoms with Crippen molar-refractivity contribution in [3.63, 3.8) is 0 Å². The molecule has 0 aromatic heterocycles. The van der Waals surface area contributed by atoms with E-state index in [0.717, 1.165) is 11.8 Å². The van der Waals surface area contributed by atoms with Crippen LogP contribution in [0.2, 0.25) is 0 Å². The predicted molar refractivity (Wildman–Crippen MR) is 71.2 cm³/mol. The first-order chi connectivity index (χ1) is 9.08. The molecule has 0 aliphatic heterocycles. The van der Waals surface area contributed by atoms with Gasteiger partial charge < -0.3 is 10.0 Å². The second kappa shape index (κ2) is 5.69. The smallest absolute Gasteiger partial charge is 0.127 e. The summed E-state index contributed by atoms with van der Waals surface area (Å²) >= 11 is 0. The topological polar surface area (TPSA) is 23.5 Å². The first kappa shape index (κ1) is 13.3. The summed E-state index contributed by atoms with van der Waals surface area (Å²) in [5.74, 6) is -0.849. The first-order valence-electron chi connectivity index (χ1n) is 6.07. The first-order valence-corrected chi connectivity index (χ1v) is 6.07. The van der Waals surface area contributed by atoms with Crippen LogP contribution >= 0.6 is 0 Å². The normalized spacial score (nSPS) is 10.5. The molecule has 0 radical (unpaired) electrons. The quantitative estimate of drug-likeness (QED) is 0.909. The lowest BCUT2D eigenvalue weighted by molar-refractivity contribution is 0.468. The Morgan fingerprint density at radius 3 is 2.26 bits per heavy atom. The maximum absolute atomic E-state index is 13.2. The summed E-state index contributed by atoms with van der Waals surface area (Å²) in [6, 6.07) is 10.1. The van der Waals surface area contributed by atoms with Crippen molar-refractivity contribution in [3.8, 4) is 5.75 Å². The van der Waals surface area contributed by atoms with Crippen LogP contribution in [0.3, 0.4) is 0 Å². The van der Waals surface area contributed by atoms with Gasteiger partial charge >= 0.3 is 0 Å². The van der Waals surface area contributed by atoms with Gasteiger partial charge in [0.25, 0.3) is 0 Å². The van der Waals surface area contributed by atoms with Gasteiger partial charge in [-0.05, 0) is 48.9 Å². The van der Waals surface area contributed by atoms with Crippen LogP contribution in [-0.4, -0.2) is 11.7 Å². The van der Waals surface area contributed by atoms with Gasteiger partial charge in [0.05, 0.1) is 0 Å². The molecule has 0 aliphatic carbocycles. The Morgan fingerprint density at radius 1 is 1.00 bits per heavy atom. The third kappa shape index (κ3) is 3.44. The van der Waals surface area contributed by atoms with Gasteiger partial charge in [-0.2, -0.15) is 0 Å². The number of hydrogen-bond donors (Lipinski definition) is 1. The minimum absolute atomic E-state index is 0.0924. The highest BCUT2D eigenvalue weighted by molar-refractivity contribution is 5.47. The standard InChI is InChI=1S/C15H15F2NO/c1-2-18(14-5-3-12(16)4-6-14)10-11-7-13(17)9-15(19)8-11/h3-9,19H,2,10H2,1H3. The van der Waals surface area contributed by atoms with E-state index in [2.05, 4.69) is 0 Å². The van der Waals surface area contributed by atoms with Gasteiger partial charge in [0.2, 0.25) is 0 Å². The van der Waals surface area contributed by atoms with Crippen molar-refractivity contribution in [1.29, 1.82) is 0 Å². The van der Waals surface area contributed by atoms with E-state index in [9.17, 15) is 13.9 Å². The Balaban J connectivity index is 2.21. The van der Waals surface area contributed by atoms with E-state index < -0.39 is 5.82 Å². The molecule has 2 nitrogen and oxygen atoms in total. The van der Waals surface area contributed by atoms with Crippen LogP contribution in [0.15, 0.2) is 42.5 Å². The van der Waals surface area contributed by atoms with E-state index in [4.69, 9.17) is 0 Å². The molecule has 1 N–H and O–H groups in total. The SMILES string of the molecule is CCN(Cc1cc(O)cc(F)c1)c1ccc(F)cc1. The maximum Gasteiger partial charge on any atom is 0.127 e. The summed E-state index contributed by atoms with van der Waals surface area (Å²) in [7, 11) is 0. The minimum atomic E-state index is -0.467. The number of aromatic hydroxyl groups is 1. The third-order valence-corrected chi connectivity index (χ3v) is 2.89. The molecule has 19 heavy (non-hydrogen) atoms. The highest BCUT2D eigenvalue weighted by Crippen LogP contribution is 2.20. The van der Waals surface area contributed by atoms with Crippen molar-refractivity contribution in [2.24, 2.45) is 0 Å². The molecule has 2 rings (SSSR count). The Labute approximate surface area is 110 Å². The molecule has 0 bridgehead atoms. The molecule has 0 amide bonds. The number of phenols is 1. The molecule has 0 heterocycles. The van der Waals surface area contributed by atoms with E-state index in [1.54, 1.807) is 12.1 Å². The second-order valence-corrected chi connectivity index (χ2v) is 4.31. The van der Waals surface area contributed by atoms with Gasteiger partial charge in [0, 0.05) is 24.8 Å². The van der Waals surface area contributed by atoms with E-state index in [1.807, 2.05) is 11.8 Å². The van der Waals surface area contributed by atoms with Crippen LogP contribution in [-0.2, 0) is 6.54 Å². The summed E-state index contributed by atoms with van der Waals surface area (Å²) in [6.45, 7) is 3.11. The zero-order chi connectivity index (χ0) is 13.8. The number of rotatable bonds is 4. The fourth-order valence-corrected chi connectivity index (χ4v) is 1.98. The molecule has 0 saturated carbocycles. The monoisotopic (exact) mass is 263 g/mol. The van der Waals surface area contributed by atoms with E-state index in [-0.39, 0.29) is 11.6 Å². The van der Waals surface area contributed by atoms with Crippen LogP contribution in [0.5, 0.6) is 5.75 Å². The van der Waals surface area contributed by atoms with E-state index in [0.29, 0.717) is 18.7 Å². The zero-order valence-electron chi connectivity index (χ0n) is 10.6. The lowest BCUT2D eigenvalue weighted by atomic mass is 10.1. The fourth-order valence-electron chi connectivity index (χ4n) is 1.98. The Bertz CT molecular complexity index is 534. The van der Waals surface area contributed by atoms with Crippen LogP contribution in [0, 0.1) is 11.6 Å². The van der Waals surface area contributed by atoms with Crippen LogP contribution in [0.25, 0.3) is 0 Å². The average molecular weight is 263 g/mol. The van der Waals surface area contributed by atoms with Gasteiger partial charge in [-0.3, -0.25) is 0 Å². The molecule has 2 aromatic rings. The molecule has 0 fully saturated rings. The number of phenolic OH excluding ortho intramolecular Hbond substituents is 1. The van der Waals surface area contributed by atoms with Gasteiger partial charge in [-0.1, -0.05) is 0 Å². The number of hydrogen-bond acceptors (Lipinski definition) is 2. The number of benzene rings is 2. The van der Waals surface area contributed by atoms with E-state index in [1.165, 1.54) is 24.3 Å². The minimum Gasteiger partial charge on any atom is -0.508 e. The molecule has 0 aliphatic rings. The predicted octanol–water partition coefficient (Wildman–Crippen LogP) is 3.70. The van der Waals surface area contributed by atoms with Crippen molar-refractivity contribution in [2.45, 2.75) is 13.5 Å². The highest BCUT2D eigenvalue weighted by atomic mass is 19.1. The molecule has 0 unspecified atom stereocenters. The summed E-state index contributed by atoms with van der Waals surface area (Å²) in [6.07, 6.45) is 0.